The largest absolute Gasteiger partial charge is 0.440 e. The second kappa shape index (κ2) is 11.3. The van der Waals surface area contributed by atoms with Gasteiger partial charge in [-0.2, -0.15) is 22.0 Å². The van der Waals surface area contributed by atoms with E-state index in [0.717, 1.165) is 6.20 Å². The Balaban J connectivity index is 1.72. The van der Waals surface area contributed by atoms with Crippen LogP contribution in [0.15, 0.2) is 82.2 Å². The molecule has 0 amide bonds. The zero-order valence-electron chi connectivity index (χ0n) is 22.8. The molecule has 0 bridgehead atoms. The van der Waals surface area contributed by atoms with Crippen molar-refractivity contribution in [2.24, 2.45) is 0 Å². The second-order valence-corrected chi connectivity index (χ2v) is 11.2. The molecular weight excluding hydrogens is 595 g/mol. The van der Waals surface area contributed by atoms with Crippen molar-refractivity contribution in [1.29, 1.82) is 0 Å². The maximum absolute atomic E-state index is 13.6. The van der Waals surface area contributed by atoms with Crippen LogP contribution in [0.3, 0.4) is 0 Å². The van der Waals surface area contributed by atoms with Crippen LogP contribution >= 0.6 is 0 Å². The molecule has 14 heteroatoms. The van der Waals surface area contributed by atoms with Crippen LogP contribution in [0.4, 0.5) is 22.0 Å². The van der Waals surface area contributed by atoms with Crippen molar-refractivity contribution in [3.63, 3.8) is 0 Å². The summed E-state index contributed by atoms with van der Waals surface area (Å²) in [5.41, 5.74) is 1.28. The molecule has 1 N–H and O–H groups in total. The van der Waals surface area contributed by atoms with Crippen molar-refractivity contribution in [1.82, 2.24) is 19.3 Å². The number of alkyl halides is 5. The van der Waals surface area contributed by atoms with Gasteiger partial charge in [0.05, 0.1) is 10.6 Å². The van der Waals surface area contributed by atoms with Gasteiger partial charge in [0.1, 0.15) is 17.3 Å². The summed E-state index contributed by atoms with van der Waals surface area (Å²) in [6.45, 7) is -0.00239. The standard InChI is InChI=1S/C29H23F5N4O4S/c1-16-36-25(29(32,33)34)15-38(16)24-12-9-20(19-5-4-6-22(13-19)43(39,40)35-3)14-23(24)26-27(41-17(2)37-26)18-7-10-21(11-8-18)42-28(30)31/h4-15,28,35H,1-3H3. The molecule has 0 atom stereocenters. The van der Waals surface area contributed by atoms with E-state index in [9.17, 15) is 30.4 Å². The Hall–Kier alpha value is -4.56. The van der Waals surface area contributed by atoms with E-state index in [2.05, 4.69) is 19.4 Å². The first kappa shape index (κ1) is 29.9. The topological polar surface area (TPSA) is 99.2 Å². The van der Waals surface area contributed by atoms with E-state index < -0.39 is 28.5 Å². The van der Waals surface area contributed by atoms with Gasteiger partial charge in [-0.3, -0.25) is 0 Å². The second-order valence-electron chi connectivity index (χ2n) is 9.32. The van der Waals surface area contributed by atoms with Gasteiger partial charge in [-0.25, -0.2) is 23.1 Å². The van der Waals surface area contributed by atoms with Crippen molar-refractivity contribution in [3.8, 4) is 45.1 Å². The Morgan fingerprint density at radius 2 is 1.60 bits per heavy atom. The van der Waals surface area contributed by atoms with Gasteiger partial charge in [0, 0.05) is 24.2 Å². The zero-order chi connectivity index (χ0) is 31.1. The fraction of sp³-hybridized carbons (Fsp3) is 0.172. The van der Waals surface area contributed by atoms with Gasteiger partial charge < -0.3 is 13.7 Å². The normalized spacial score (nSPS) is 12.2. The molecule has 0 saturated carbocycles. The predicted molar refractivity (Wildman–Crippen MR) is 147 cm³/mol. The highest BCUT2D eigenvalue weighted by Gasteiger charge is 2.35. The van der Waals surface area contributed by atoms with Crippen LogP contribution in [0, 0.1) is 13.8 Å². The summed E-state index contributed by atoms with van der Waals surface area (Å²) in [6.07, 6.45) is -3.82. The monoisotopic (exact) mass is 618 g/mol. The molecule has 0 aliphatic heterocycles. The highest BCUT2D eigenvalue weighted by atomic mass is 32.2. The molecule has 0 unspecified atom stereocenters. The summed E-state index contributed by atoms with van der Waals surface area (Å²) >= 11 is 0. The van der Waals surface area contributed by atoms with E-state index in [0.29, 0.717) is 22.3 Å². The number of nitrogens with one attached hydrogen (secondary N) is 1. The number of imidazole rings is 1. The summed E-state index contributed by atoms with van der Waals surface area (Å²) < 4.78 is 105. The Morgan fingerprint density at radius 3 is 2.23 bits per heavy atom. The van der Waals surface area contributed by atoms with Crippen molar-refractivity contribution in [3.05, 3.63) is 90.3 Å². The minimum Gasteiger partial charge on any atom is -0.440 e. The lowest BCUT2D eigenvalue weighted by molar-refractivity contribution is -0.141. The Morgan fingerprint density at radius 1 is 0.930 bits per heavy atom. The molecule has 0 aliphatic carbocycles. The fourth-order valence-electron chi connectivity index (χ4n) is 4.52. The SMILES string of the molecule is CNS(=O)(=O)c1cccc(-c2ccc(-n3cc(C(F)(F)F)nc3C)c(-c3nc(C)oc3-c3ccc(OC(F)F)cc3)c2)c1. The Bertz CT molecular complexity index is 1900. The molecule has 0 radical (unpaired) electrons. The number of halogens is 5. The van der Waals surface area contributed by atoms with Gasteiger partial charge in [0.25, 0.3) is 0 Å². The molecule has 2 aromatic heterocycles. The molecule has 0 fully saturated rings. The smallest absolute Gasteiger partial charge is 0.434 e. The van der Waals surface area contributed by atoms with Crippen molar-refractivity contribution < 1.29 is 39.5 Å². The summed E-state index contributed by atoms with van der Waals surface area (Å²) in [5, 5.41) is 0. The van der Waals surface area contributed by atoms with Crippen LogP contribution in [0.25, 0.3) is 39.4 Å². The molecule has 2 heterocycles. The number of sulfonamides is 1. The Labute approximate surface area is 242 Å². The van der Waals surface area contributed by atoms with Gasteiger partial charge in [0.2, 0.25) is 10.0 Å². The fourth-order valence-corrected chi connectivity index (χ4v) is 5.30. The summed E-state index contributed by atoms with van der Waals surface area (Å²) in [5.74, 6) is 0.428. The first-order valence-corrected chi connectivity index (χ1v) is 14.1. The number of ether oxygens (including phenoxy) is 1. The molecule has 8 nitrogen and oxygen atoms in total. The highest BCUT2D eigenvalue weighted by molar-refractivity contribution is 7.89. The van der Waals surface area contributed by atoms with E-state index in [1.807, 2.05) is 0 Å². The molecule has 5 rings (SSSR count). The van der Waals surface area contributed by atoms with Crippen molar-refractivity contribution in [2.45, 2.75) is 31.5 Å². The number of aromatic nitrogens is 3. The number of benzene rings is 3. The van der Waals surface area contributed by atoms with Crippen molar-refractivity contribution in [2.75, 3.05) is 7.05 Å². The molecule has 0 saturated heterocycles. The highest BCUT2D eigenvalue weighted by Crippen LogP contribution is 2.40. The quantitative estimate of drug-likeness (QED) is 0.188. The third-order valence-corrected chi connectivity index (χ3v) is 7.92. The minimum absolute atomic E-state index is 0.0162. The third-order valence-electron chi connectivity index (χ3n) is 6.51. The maximum atomic E-state index is 13.6. The minimum atomic E-state index is -4.69. The lowest BCUT2D eigenvalue weighted by atomic mass is 9.98. The molecular formula is C29H23F5N4O4S. The van der Waals surface area contributed by atoms with Crippen LogP contribution in [0.5, 0.6) is 5.75 Å². The summed E-state index contributed by atoms with van der Waals surface area (Å²) in [6, 6.07) is 16.6. The molecule has 5 aromatic rings. The first-order chi connectivity index (χ1) is 20.3. The summed E-state index contributed by atoms with van der Waals surface area (Å²) in [7, 11) is -2.47. The van der Waals surface area contributed by atoms with Gasteiger partial charge in [0.15, 0.2) is 17.3 Å². The number of hydrogen-bond acceptors (Lipinski definition) is 6. The lowest BCUT2D eigenvalue weighted by Crippen LogP contribution is -2.18. The van der Waals surface area contributed by atoms with Crippen LogP contribution in [-0.4, -0.2) is 36.6 Å². The number of aryl methyl sites for hydroxylation is 2. The lowest BCUT2D eigenvalue weighted by Gasteiger charge is -2.14. The van der Waals surface area contributed by atoms with Gasteiger partial charge in [-0.05, 0) is 73.6 Å². The van der Waals surface area contributed by atoms with E-state index in [4.69, 9.17) is 4.42 Å². The number of hydrogen-bond donors (Lipinski definition) is 1. The van der Waals surface area contributed by atoms with E-state index in [-0.39, 0.29) is 39.5 Å². The maximum Gasteiger partial charge on any atom is 0.434 e. The Kier molecular flexibility index (Phi) is 7.84. The van der Waals surface area contributed by atoms with E-state index in [1.54, 1.807) is 37.3 Å². The average molecular weight is 619 g/mol. The number of rotatable bonds is 8. The molecule has 224 valence electrons. The molecule has 0 spiro atoms. The number of nitrogens with zero attached hydrogens (tertiary/aromatic N) is 3. The molecule has 3 aromatic carbocycles. The first-order valence-electron chi connectivity index (χ1n) is 12.6. The molecule has 0 aliphatic rings. The predicted octanol–water partition coefficient (Wildman–Crippen LogP) is 7.01. The van der Waals surface area contributed by atoms with Crippen LogP contribution in [0.2, 0.25) is 0 Å². The van der Waals surface area contributed by atoms with Gasteiger partial charge in [-0.15, -0.1) is 0 Å². The van der Waals surface area contributed by atoms with Crippen LogP contribution < -0.4 is 9.46 Å². The van der Waals surface area contributed by atoms with Crippen LogP contribution in [-0.2, 0) is 16.2 Å². The van der Waals surface area contributed by atoms with E-state index >= 15 is 0 Å². The van der Waals surface area contributed by atoms with Crippen molar-refractivity contribution >= 4 is 10.0 Å². The van der Waals surface area contributed by atoms with E-state index in [1.165, 1.54) is 54.9 Å². The van der Waals surface area contributed by atoms with Gasteiger partial charge >= 0.3 is 12.8 Å². The van der Waals surface area contributed by atoms with Crippen LogP contribution in [0.1, 0.15) is 17.4 Å². The third kappa shape index (κ3) is 6.15. The zero-order valence-corrected chi connectivity index (χ0v) is 23.6. The van der Waals surface area contributed by atoms with Gasteiger partial charge in [-0.1, -0.05) is 18.2 Å². The summed E-state index contributed by atoms with van der Waals surface area (Å²) in [4.78, 5) is 8.23. The average Bonchev–Trinajstić information content (AvgIpc) is 3.55. The molecule has 43 heavy (non-hydrogen) atoms. The number of oxazole rings is 1.